The number of aromatic nitrogens is 2. The van der Waals surface area contributed by atoms with Crippen molar-refractivity contribution in [3.63, 3.8) is 0 Å². The molecule has 0 bridgehead atoms. The summed E-state index contributed by atoms with van der Waals surface area (Å²) in [4.78, 5) is 0. The summed E-state index contributed by atoms with van der Waals surface area (Å²) in [5, 5.41) is 10.5. The summed E-state index contributed by atoms with van der Waals surface area (Å²) in [5.41, 5.74) is 2.46. The maximum absolute atomic E-state index is 4.02. The number of rotatable bonds is 5. The predicted octanol–water partition coefficient (Wildman–Crippen LogP) is 2.09. The Labute approximate surface area is 95.4 Å². The van der Waals surface area contributed by atoms with Gasteiger partial charge in [-0.1, -0.05) is 6.42 Å². The standard InChI is InChI=1S/C11H19N3S/c1-9-10(7-13-14-9)6-12-8-11(15-2)4-3-5-11/h7,12H,3-6,8H2,1-2H3,(H,13,14). The molecule has 1 aromatic rings. The molecule has 0 atom stereocenters. The molecule has 0 saturated heterocycles. The molecule has 15 heavy (non-hydrogen) atoms. The van der Waals surface area contributed by atoms with E-state index in [2.05, 4.69) is 28.7 Å². The fourth-order valence-corrected chi connectivity index (χ4v) is 2.95. The Morgan fingerprint density at radius 3 is 2.87 bits per heavy atom. The molecule has 2 N–H and O–H groups in total. The Kier molecular flexibility index (Phi) is 3.36. The first-order valence-electron chi connectivity index (χ1n) is 5.50. The molecule has 1 aliphatic rings. The van der Waals surface area contributed by atoms with E-state index in [0.717, 1.165) is 13.1 Å². The van der Waals surface area contributed by atoms with Crippen LogP contribution >= 0.6 is 11.8 Å². The summed E-state index contributed by atoms with van der Waals surface area (Å²) in [7, 11) is 0. The van der Waals surface area contributed by atoms with Crippen molar-refractivity contribution in [2.45, 2.75) is 37.5 Å². The maximum atomic E-state index is 4.02. The van der Waals surface area contributed by atoms with Crippen molar-refractivity contribution in [2.24, 2.45) is 0 Å². The van der Waals surface area contributed by atoms with E-state index in [1.54, 1.807) is 0 Å². The van der Waals surface area contributed by atoms with Gasteiger partial charge >= 0.3 is 0 Å². The van der Waals surface area contributed by atoms with Crippen molar-refractivity contribution >= 4 is 11.8 Å². The average molecular weight is 225 g/mol. The van der Waals surface area contributed by atoms with E-state index in [-0.39, 0.29) is 0 Å². The predicted molar refractivity (Wildman–Crippen MR) is 65.1 cm³/mol. The van der Waals surface area contributed by atoms with Gasteiger partial charge in [-0.15, -0.1) is 0 Å². The molecule has 1 aromatic heterocycles. The summed E-state index contributed by atoms with van der Waals surface area (Å²) in [6.45, 7) is 4.13. The summed E-state index contributed by atoms with van der Waals surface area (Å²) in [5.74, 6) is 0. The van der Waals surface area contributed by atoms with Crippen LogP contribution in [0.25, 0.3) is 0 Å². The van der Waals surface area contributed by atoms with E-state index in [1.807, 2.05) is 18.0 Å². The normalized spacial score (nSPS) is 18.8. The topological polar surface area (TPSA) is 40.7 Å². The molecule has 0 aromatic carbocycles. The first-order chi connectivity index (χ1) is 7.26. The quantitative estimate of drug-likeness (QED) is 0.806. The summed E-state index contributed by atoms with van der Waals surface area (Å²) >= 11 is 2.01. The molecular formula is C11H19N3S. The van der Waals surface area contributed by atoms with Crippen LogP contribution in [-0.2, 0) is 6.54 Å². The molecule has 1 heterocycles. The third kappa shape index (κ3) is 2.37. The minimum Gasteiger partial charge on any atom is -0.311 e. The molecule has 0 amide bonds. The Balaban J connectivity index is 1.77. The maximum Gasteiger partial charge on any atom is 0.0535 e. The van der Waals surface area contributed by atoms with Crippen molar-refractivity contribution < 1.29 is 0 Å². The molecule has 1 aliphatic carbocycles. The number of nitrogens with one attached hydrogen (secondary N) is 2. The second kappa shape index (κ2) is 4.58. The van der Waals surface area contributed by atoms with Gasteiger partial charge in [-0.25, -0.2) is 0 Å². The van der Waals surface area contributed by atoms with Gasteiger partial charge in [0.25, 0.3) is 0 Å². The van der Waals surface area contributed by atoms with Crippen molar-refractivity contribution in [3.8, 4) is 0 Å². The Bertz CT molecular complexity index is 312. The minimum atomic E-state index is 0.525. The van der Waals surface area contributed by atoms with Crippen LogP contribution in [0, 0.1) is 6.92 Å². The van der Waals surface area contributed by atoms with Gasteiger partial charge in [0.05, 0.1) is 6.20 Å². The molecule has 0 unspecified atom stereocenters. The lowest BCUT2D eigenvalue weighted by molar-refractivity contribution is 0.345. The van der Waals surface area contributed by atoms with Crippen molar-refractivity contribution in [3.05, 3.63) is 17.5 Å². The molecule has 3 nitrogen and oxygen atoms in total. The Morgan fingerprint density at radius 1 is 1.60 bits per heavy atom. The molecule has 0 aliphatic heterocycles. The Hall–Kier alpha value is -0.480. The number of nitrogens with zero attached hydrogens (tertiary/aromatic N) is 1. The van der Waals surface area contributed by atoms with Crippen LogP contribution in [0.15, 0.2) is 6.20 Å². The van der Waals surface area contributed by atoms with Gasteiger partial charge in [0.2, 0.25) is 0 Å². The summed E-state index contributed by atoms with van der Waals surface area (Å²) in [6, 6.07) is 0. The van der Waals surface area contributed by atoms with Crippen LogP contribution in [0.4, 0.5) is 0 Å². The SMILES string of the molecule is CSC1(CNCc2cn[nH]c2C)CCC1. The van der Waals surface area contributed by atoms with Crippen molar-refractivity contribution in [1.29, 1.82) is 0 Å². The van der Waals surface area contributed by atoms with E-state index >= 15 is 0 Å². The number of hydrogen-bond acceptors (Lipinski definition) is 3. The van der Waals surface area contributed by atoms with Crippen LogP contribution in [-0.4, -0.2) is 27.7 Å². The zero-order valence-electron chi connectivity index (χ0n) is 9.47. The van der Waals surface area contributed by atoms with Gasteiger partial charge in [0.15, 0.2) is 0 Å². The Morgan fingerprint density at radius 2 is 2.40 bits per heavy atom. The van der Waals surface area contributed by atoms with Crippen molar-refractivity contribution in [1.82, 2.24) is 15.5 Å². The summed E-state index contributed by atoms with van der Waals surface area (Å²) < 4.78 is 0.525. The number of thioether (sulfide) groups is 1. The summed E-state index contributed by atoms with van der Waals surface area (Å²) in [6.07, 6.45) is 8.27. The van der Waals surface area contributed by atoms with Gasteiger partial charge in [-0.3, -0.25) is 5.10 Å². The van der Waals surface area contributed by atoms with Gasteiger partial charge in [-0.05, 0) is 26.0 Å². The number of hydrogen-bond donors (Lipinski definition) is 2. The van der Waals surface area contributed by atoms with Gasteiger partial charge in [0.1, 0.15) is 0 Å². The second-order valence-corrected chi connectivity index (χ2v) is 5.64. The van der Waals surface area contributed by atoms with Crippen LogP contribution in [0.1, 0.15) is 30.5 Å². The van der Waals surface area contributed by atoms with E-state index < -0.39 is 0 Å². The highest BCUT2D eigenvalue weighted by molar-refractivity contribution is 8.00. The number of aromatic amines is 1. The molecule has 0 spiro atoms. The monoisotopic (exact) mass is 225 g/mol. The first-order valence-corrected chi connectivity index (χ1v) is 6.73. The highest BCUT2D eigenvalue weighted by atomic mass is 32.2. The molecule has 1 fully saturated rings. The van der Waals surface area contributed by atoms with Gasteiger partial charge in [-0.2, -0.15) is 16.9 Å². The zero-order chi connectivity index (χ0) is 10.7. The second-order valence-electron chi connectivity index (χ2n) is 4.36. The fourth-order valence-electron chi connectivity index (χ4n) is 2.00. The van der Waals surface area contributed by atoms with Crippen molar-refractivity contribution in [2.75, 3.05) is 12.8 Å². The largest absolute Gasteiger partial charge is 0.311 e. The molecule has 1 saturated carbocycles. The lowest BCUT2D eigenvalue weighted by Gasteiger charge is -2.40. The highest BCUT2D eigenvalue weighted by Gasteiger charge is 2.35. The van der Waals surface area contributed by atoms with E-state index in [4.69, 9.17) is 0 Å². The third-order valence-electron chi connectivity index (χ3n) is 3.39. The van der Waals surface area contributed by atoms with Crippen LogP contribution in [0.5, 0.6) is 0 Å². The van der Waals surface area contributed by atoms with Crippen LogP contribution in [0.3, 0.4) is 0 Å². The lowest BCUT2D eigenvalue weighted by atomic mass is 9.84. The number of aryl methyl sites for hydroxylation is 1. The number of H-pyrrole nitrogens is 1. The van der Waals surface area contributed by atoms with E-state index in [1.165, 1.54) is 30.5 Å². The first kappa shape index (κ1) is 11.0. The molecule has 2 rings (SSSR count). The minimum absolute atomic E-state index is 0.525. The molecule has 84 valence electrons. The molecule has 0 radical (unpaired) electrons. The zero-order valence-corrected chi connectivity index (χ0v) is 10.3. The van der Waals surface area contributed by atoms with Crippen LogP contribution < -0.4 is 5.32 Å². The smallest absolute Gasteiger partial charge is 0.0535 e. The molecular weight excluding hydrogens is 206 g/mol. The van der Waals surface area contributed by atoms with E-state index in [0.29, 0.717) is 4.75 Å². The highest BCUT2D eigenvalue weighted by Crippen LogP contribution is 2.42. The van der Waals surface area contributed by atoms with Gasteiger partial charge < -0.3 is 5.32 Å². The van der Waals surface area contributed by atoms with E-state index in [9.17, 15) is 0 Å². The average Bonchev–Trinajstić information content (AvgIpc) is 2.57. The molecule has 4 heteroatoms. The van der Waals surface area contributed by atoms with Crippen LogP contribution in [0.2, 0.25) is 0 Å². The third-order valence-corrected chi connectivity index (χ3v) is 4.81. The van der Waals surface area contributed by atoms with Gasteiger partial charge in [0, 0.05) is 29.1 Å². The fraction of sp³-hybridized carbons (Fsp3) is 0.727. The lowest BCUT2D eigenvalue weighted by Crippen LogP contribution is -2.43.